The molecule has 1 aliphatic heterocycles. The number of aromatic nitrogens is 1. The molecule has 0 saturated heterocycles. The third kappa shape index (κ3) is 5.67. The van der Waals surface area contributed by atoms with Crippen LogP contribution in [-0.2, 0) is 13.0 Å². The standard InChI is InChI=1S/C22H32N4/c1-7-19-18(21(23-6)9-11-25-19)15-24-13-17-12-16(2)20(26-14-17)8-10-22(3,4)5/h7,9,11-12,14-15,21,23-24H,1,8,10,13H2,2-6H3/b18-15-. The Balaban J connectivity index is 2.01. The zero-order valence-electron chi connectivity index (χ0n) is 16.8. The lowest BCUT2D eigenvalue weighted by Gasteiger charge is -2.20. The van der Waals surface area contributed by atoms with E-state index in [4.69, 9.17) is 0 Å². The molecule has 1 aliphatic rings. The summed E-state index contributed by atoms with van der Waals surface area (Å²) in [7, 11) is 1.94. The van der Waals surface area contributed by atoms with Crippen LogP contribution < -0.4 is 10.6 Å². The fourth-order valence-corrected chi connectivity index (χ4v) is 2.92. The van der Waals surface area contributed by atoms with E-state index in [2.05, 4.69) is 61.0 Å². The Labute approximate surface area is 158 Å². The van der Waals surface area contributed by atoms with E-state index in [-0.39, 0.29) is 6.04 Å². The first kappa shape index (κ1) is 20.1. The third-order valence-electron chi connectivity index (χ3n) is 4.55. The molecule has 0 saturated carbocycles. The van der Waals surface area contributed by atoms with E-state index >= 15 is 0 Å². The monoisotopic (exact) mass is 352 g/mol. The van der Waals surface area contributed by atoms with Crippen molar-refractivity contribution in [2.75, 3.05) is 7.05 Å². The van der Waals surface area contributed by atoms with Crippen LogP contribution in [0.3, 0.4) is 0 Å². The maximum atomic E-state index is 4.68. The number of aryl methyl sites for hydroxylation is 2. The molecule has 0 radical (unpaired) electrons. The molecule has 2 heterocycles. The number of hydrogen-bond acceptors (Lipinski definition) is 4. The fourth-order valence-electron chi connectivity index (χ4n) is 2.92. The largest absolute Gasteiger partial charge is 0.386 e. The number of nitrogens with one attached hydrogen (secondary N) is 2. The molecule has 0 spiro atoms. The van der Waals surface area contributed by atoms with Crippen molar-refractivity contribution in [3.63, 3.8) is 0 Å². The highest BCUT2D eigenvalue weighted by molar-refractivity contribution is 6.10. The van der Waals surface area contributed by atoms with Crippen LogP contribution in [0.4, 0.5) is 0 Å². The SMILES string of the molecule is C=CC1=NC=CC(NC)/C1=C\NCc1cnc(CCC(C)(C)C)c(C)c1. The highest BCUT2D eigenvalue weighted by Crippen LogP contribution is 2.22. The van der Waals surface area contributed by atoms with Crippen molar-refractivity contribution < 1.29 is 0 Å². The van der Waals surface area contributed by atoms with Gasteiger partial charge in [-0.1, -0.05) is 33.4 Å². The Morgan fingerprint density at radius 2 is 2.08 bits per heavy atom. The molecule has 1 unspecified atom stereocenters. The van der Waals surface area contributed by atoms with Gasteiger partial charge in [0.25, 0.3) is 0 Å². The van der Waals surface area contributed by atoms with E-state index in [1.807, 2.05) is 31.7 Å². The van der Waals surface area contributed by atoms with Gasteiger partial charge in [-0.2, -0.15) is 0 Å². The first-order valence-electron chi connectivity index (χ1n) is 9.26. The van der Waals surface area contributed by atoms with Gasteiger partial charge in [0.05, 0.1) is 11.8 Å². The topological polar surface area (TPSA) is 49.3 Å². The minimum absolute atomic E-state index is 0.146. The third-order valence-corrected chi connectivity index (χ3v) is 4.55. The van der Waals surface area contributed by atoms with Crippen molar-refractivity contribution in [2.24, 2.45) is 10.4 Å². The predicted octanol–water partition coefficient (Wildman–Crippen LogP) is 4.08. The summed E-state index contributed by atoms with van der Waals surface area (Å²) in [5.41, 5.74) is 5.98. The molecule has 0 bridgehead atoms. The summed E-state index contributed by atoms with van der Waals surface area (Å²) < 4.78 is 0. The van der Waals surface area contributed by atoms with Crippen LogP contribution in [0.2, 0.25) is 0 Å². The van der Waals surface area contributed by atoms with E-state index in [9.17, 15) is 0 Å². The number of allylic oxidation sites excluding steroid dienone is 1. The van der Waals surface area contributed by atoms with E-state index < -0.39 is 0 Å². The molecule has 2 rings (SSSR count). The lowest BCUT2D eigenvalue weighted by molar-refractivity contribution is 0.376. The number of aliphatic imine (C=N–C) groups is 1. The number of hydrogen-bond donors (Lipinski definition) is 2. The molecule has 0 amide bonds. The van der Waals surface area contributed by atoms with Crippen LogP contribution >= 0.6 is 0 Å². The van der Waals surface area contributed by atoms with Gasteiger partial charge in [-0.3, -0.25) is 9.98 Å². The second-order valence-electron chi connectivity index (χ2n) is 7.97. The van der Waals surface area contributed by atoms with Crippen LogP contribution in [0.5, 0.6) is 0 Å². The number of rotatable bonds is 7. The van der Waals surface area contributed by atoms with Crippen LogP contribution in [0.15, 0.2) is 54.0 Å². The summed E-state index contributed by atoms with van der Waals surface area (Å²) in [6.07, 6.45) is 11.8. The van der Waals surface area contributed by atoms with Gasteiger partial charge < -0.3 is 10.6 Å². The Hall–Kier alpha value is -2.20. The zero-order chi connectivity index (χ0) is 19.2. The normalized spacial score (nSPS) is 18.7. The van der Waals surface area contributed by atoms with Crippen molar-refractivity contribution in [2.45, 2.75) is 53.1 Å². The van der Waals surface area contributed by atoms with E-state index in [0.717, 1.165) is 30.7 Å². The number of nitrogens with zero attached hydrogens (tertiary/aromatic N) is 2. The molecule has 26 heavy (non-hydrogen) atoms. The lowest BCUT2D eigenvalue weighted by atomic mass is 9.89. The molecule has 1 aromatic heterocycles. The summed E-state index contributed by atoms with van der Waals surface area (Å²) >= 11 is 0. The van der Waals surface area contributed by atoms with Crippen molar-refractivity contribution in [3.05, 3.63) is 65.8 Å². The molecule has 1 atom stereocenters. The smallest absolute Gasteiger partial charge is 0.0689 e. The van der Waals surface area contributed by atoms with Crippen molar-refractivity contribution in [1.82, 2.24) is 15.6 Å². The van der Waals surface area contributed by atoms with E-state index in [1.165, 1.54) is 16.8 Å². The molecule has 2 N–H and O–H groups in total. The average molecular weight is 353 g/mol. The van der Waals surface area contributed by atoms with Gasteiger partial charge >= 0.3 is 0 Å². The quantitative estimate of drug-likeness (QED) is 0.777. The van der Waals surface area contributed by atoms with Gasteiger partial charge in [0.2, 0.25) is 0 Å². The summed E-state index contributed by atoms with van der Waals surface area (Å²) in [5, 5.41) is 6.67. The minimum Gasteiger partial charge on any atom is -0.386 e. The second kappa shape index (κ2) is 8.95. The van der Waals surface area contributed by atoms with Gasteiger partial charge in [0.15, 0.2) is 0 Å². The first-order valence-corrected chi connectivity index (χ1v) is 9.26. The maximum Gasteiger partial charge on any atom is 0.0689 e. The molecule has 0 aromatic carbocycles. The molecular weight excluding hydrogens is 320 g/mol. The number of pyridine rings is 1. The Bertz CT molecular complexity index is 720. The van der Waals surface area contributed by atoms with Crippen molar-refractivity contribution in [1.29, 1.82) is 0 Å². The van der Waals surface area contributed by atoms with Crippen molar-refractivity contribution >= 4 is 5.71 Å². The minimum atomic E-state index is 0.146. The Kier molecular flexibility index (Phi) is 6.92. The summed E-state index contributed by atoms with van der Waals surface area (Å²) in [5.74, 6) is 0. The first-order chi connectivity index (χ1) is 12.3. The van der Waals surface area contributed by atoms with Gasteiger partial charge in [-0.25, -0.2) is 0 Å². The summed E-state index contributed by atoms with van der Waals surface area (Å²) in [4.78, 5) is 9.06. The van der Waals surface area contributed by atoms with Gasteiger partial charge in [0.1, 0.15) is 0 Å². The van der Waals surface area contributed by atoms with Gasteiger partial charge in [0, 0.05) is 36.4 Å². The Morgan fingerprint density at radius 1 is 1.31 bits per heavy atom. The van der Waals surface area contributed by atoms with E-state index in [1.54, 1.807) is 6.08 Å². The van der Waals surface area contributed by atoms with Crippen LogP contribution in [0.25, 0.3) is 0 Å². The molecule has 0 fully saturated rings. The molecule has 4 nitrogen and oxygen atoms in total. The maximum absolute atomic E-state index is 4.68. The fraction of sp³-hybridized carbons (Fsp3) is 0.455. The van der Waals surface area contributed by atoms with Gasteiger partial charge in [-0.15, -0.1) is 0 Å². The molecule has 1 aromatic rings. The lowest BCUT2D eigenvalue weighted by Crippen LogP contribution is -2.31. The Morgan fingerprint density at radius 3 is 2.69 bits per heavy atom. The average Bonchev–Trinajstić information content (AvgIpc) is 2.60. The summed E-state index contributed by atoms with van der Waals surface area (Å²) in [6.45, 7) is 13.6. The second-order valence-corrected chi connectivity index (χ2v) is 7.97. The molecule has 140 valence electrons. The molecular formula is C22H32N4. The molecule has 0 aliphatic carbocycles. The van der Waals surface area contributed by atoms with Crippen LogP contribution in [0.1, 0.15) is 44.0 Å². The summed E-state index contributed by atoms with van der Waals surface area (Å²) in [6, 6.07) is 2.38. The van der Waals surface area contributed by atoms with Crippen LogP contribution in [0, 0.1) is 12.3 Å². The zero-order valence-corrected chi connectivity index (χ0v) is 16.8. The van der Waals surface area contributed by atoms with E-state index in [0.29, 0.717) is 5.41 Å². The van der Waals surface area contributed by atoms with Crippen molar-refractivity contribution in [3.8, 4) is 0 Å². The number of likely N-dealkylation sites (N-methyl/N-ethyl adjacent to an activating group) is 1. The van der Waals surface area contributed by atoms with Gasteiger partial charge in [-0.05, 0) is 55.5 Å². The van der Waals surface area contributed by atoms with Crippen LogP contribution in [-0.4, -0.2) is 23.8 Å². The highest BCUT2D eigenvalue weighted by Gasteiger charge is 2.16. The molecule has 4 heteroatoms. The highest BCUT2D eigenvalue weighted by atomic mass is 14.9. The predicted molar refractivity (Wildman–Crippen MR) is 111 cm³/mol.